The van der Waals surface area contributed by atoms with Gasteiger partial charge in [0.2, 0.25) is 0 Å². The molecule has 1 atom stereocenters. The van der Waals surface area contributed by atoms with E-state index in [2.05, 4.69) is 10.0 Å². The molecule has 0 fully saturated rings. The van der Waals surface area contributed by atoms with Crippen LogP contribution in [0.25, 0.3) is 10.4 Å². The average molecular weight is 120 g/mol. The lowest BCUT2D eigenvalue weighted by Gasteiger charge is -1.88. The lowest BCUT2D eigenvalue weighted by Crippen LogP contribution is -1.84. The zero-order chi connectivity index (χ0) is 5.70. The summed E-state index contributed by atoms with van der Waals surface area (Å²) in [4.78, 5) is 2.50. The van der Waals surface area contributed by atoms with Crippen molar-refractivity contribution >= 4 is 11.6 Å². The summed E-state index contributed by atoms with van der Waals surface area (Å²) in [5, 5.41) is 3.19. The van der Waals surface area contributed by atoms with Crippen molar-refractivity contribution in [3.63, 3.8) is 0 Å². The number of hydrogen-bond acceptors (Lipinski definition) is 1. The fourth-order valence-corrected chi connectivity index (χ4v) is 0.177. The van der Waals surface area contributed by atoms with E-state index < -0.39 is 0 Å². The second-order valence-electron chi connectivity index (χ2n) is 1.05. The highest BCUT2D eigenvalue weighted by atomic mass is 35.5. The molecule has 0 aliphatic carbocycles. The van der Waals surface area contributed by atoms with E-state index in [-0.39, 0.29) is 5.50 Å². The maximum Gasteiger partial charge on any atom is 0.112 e. The van der Waals surface area contributed by atoms with Gasteiger partial charge in [0.1, 0.15) is 5.50 Å². The molecular formula is C3H6ClN3. The van der Waals surface area contributed by atoms with Crippen LogP contribution in [0.5, 0.6) is 0 Å². The third kappa shape index (κ3) is 3.43. The molecule has 0 rings (SSSR count). The summed E-state index contributed by atoms with van der Waals surface area (Å²) >= 11 is 5.34. The topological polar surface area (TPSA) is 48.8 Å². The molecule has 0 N–H and O–H groups in total. The van der Waals surface area contributed by atoms with Crippen LogP contribution in [-0.4, -0.2) is 5.50 Å². The molecule has 0 amide bonds. The van der Waals surface area contributed by atoms with Gasteiger partial charge in [0.15, 0.2) is 0 Å². The number of azide groups is 1. The molecule has 0 saturated carbocycles. The van der Waals surface area contributed by atoms with E-state index in [9.17, 15) is 0 Å². The first-order valence-electron chi connectivity index (χ1n) is 1.99. The van der Waals surface area contributed by atoms with Crippen LogP contribution in [0.3, 0.4) is 0 Å². The Morgan fingerprint density at radius 3 is 2.71 bits per heavy atom. The van der Waals surface area contributed by atoms with Crippen molar-refractivity contribution in [1.82, 2.24) is 0 Å². The van der Waals surface area contributed by atoms with Crippen LogP contribution < -0.4 is 0 Å². The highest BCUT2D eigenvalue weighted by Gasteiger charge is 1.91. The van der Waals surface area contributed by atoms with E-state index in [1.54, 1.807) is 0 Å². The Bertz CT molecular complexity index is 86.2. The van der Waals surface area contributed by atoms with Crippen LogP contribution in [-0.2, 0) is 0 Å². The van der Waals surface area contributed by atoms with Crippen molar-refractivity contribution in [2.75, 3.05) is 0 Å². The minimum atomic E-state index is -0.370. The van der Waals surface area contributed by atoms with Crippen LogP contribution in [0.1, 0.15) is 13.3 Å². The molecule has 0 saturated heterocycles. The molecule has 0 aromatic rings. The van der Waals surface area contributed by atoms with E-state index in [0.29, 0.717) is 6.42 Å². The van der Waals surface area contributed by atoms with Crippen LogP contribution in [0.15, 0.2) is 5.11 Å². The molecule has 0 aliphatic heterocycles. The Hall–Kier alpha value is -0.400. The summed E-state index contributed by atoms with van der Waals surface area (Å²) < 4.78 is 0. The number of alkyl halides is 1. The van der Waals surface area contributed by atoms with Gasteiger partial charge >= 0.3 is 0 Å². The van der Waals surface area contributed by atoms with Gasteiger partial charge in [-0.3, -0.25) is 0 Å². The monoisotopic (exact) mass is 119 g/mol. The fraction of sp³-hybridized carbons (Fsp3) is 1.00. The molecule has 7 heavy (non-hydrogen) atoms. The molecule has 0 heterocycles. The van der Waals surface area contributed by atoms with Crippen LogP contribution in [0, 0.1) is 0 Å². The third-order valence-corrected chi connectivity index (χ3v) is 0.910. The van der Waals surface area contributed by atoms with E-state index in [1.165, 1.54) is 0 Å². The van der Waals surface area contributed by atoms with Gasteiger partial charge < -0.3 is 0 Å². The SMILES string of the molecule is CCC(Cl)N=[N+]=[N-]. The van der Waals surface area contributed by atoms with Crippen LogP contribution >= 0.6 is 11.6 Å². The van der Waals surface area contributed by atoms with Gasteiger partial charge in [0.05, 0.1) is 0 Å². The molecule has 1 unspecified atom stereocenters. The Morgan fingerprint density at radius 2 is 2.57 bits per heavy atom. The highest BCUT2D eigenvalue weighted by Crippen LogP contribution is 2.00. The summed E-state index contributed by atoms with van der Waals surface area (Å²) in [5.41, 5.74) is 7.37. The molecular weight excluding hydrogens is 114 g/mol. The predicted octanol–water partition coefficient (Wildman–Crippen LogP) is 2.27. The Kier molecular flexibility index (Phi) is 3.56. The Labute approximate surface area is 46.9 Å². The van der Waals surface area contributed by atoms with E-state index in [1.807, 2.05) is 6.92 Å². The van der Waals surface area contributed by atoms with Gasteiger partial charge in [-0.15, -0.1) is 11.6 Å². The first kappa shape index (κ1) is 6.60. The summed E-state index contributed by atoms with van der Waals surface area (Å²) in [7, 11) is 0. The molecule has 0 aliphatic rings. The molecule has 0 radical (unpaired) electrons. The second-order valence-corrected chi connectivity index (χ2v) is 1.55. The van der Waals surface area contributed by atoms with Crippen molar-refractivity contribution in [2.24, 2.45) is 5.11 Å². The lowest BCUT2D eigenvalue weighted by molar-refractivity contribution is 0.848. The van der Waals surface area contributed by atoms with Crippen molar-refractivity contribution in [2.45, 2.75) is 18.8 Å². The number of nitrogens with zero attached hydrogens (tertiary/aromatic N) is 3. The zero-order valence-corrected chi connectivity index (χ0v) is 4.76. The van der Waals surface area contributed by atoms with Crippen LogP contribution in [0.4, 0.5) is 0 Å². The van der Waals surface area contributed by atoms with Crippen molar-refractivity contribution in [1.29, 1.82) is 0 Å². The number of halogens is 1. The van der Waals surface area contributed by atoms with E-state index >= 15 is 0 Å². The molecule has 0 bridgehead atoms. The normalized spacial score (nSPS) is 12.3. The molecule has 4 heteroatoms. The Morgan fingerprint density at radius 1 is 2.00 bits per heavy atom. The fourth-order valence-electron chi connectivity index (χ4n) is 0.138. The maximum absolute atomic E-state index is 7.74. The molecule has 0 spiro atoms. The molecule has 0 aromatic carbocycles. The van der Waals surface area contributed by atoms with Gasteiger partial charge in [-0.05, 0) is 12.0 Å². The largest absolute Gasteiger partial charge is 0.117 e. The summed E-state index contributed by atoms with van der Waals surface area (Å²) in [6.07, 6.45) is 0.686. The number of hydrogen-bond donors (Lipinski definition) is 0. The van der Waals surface area contributed by atoms with Crippen molar-refractivity contribution in [3.8, 4) is 0 Å². The predicted molar refractivity (Wildman–Crippen MR) is 29.1 cm³/mol. The molecule has 40 valence electrons. The van der Waals surface area contributed by atoms with Gasteiger partial charge in [-0.1, -0.05) is 12.0 Å². The van der Waals surface area contributed by atoms with Gasteiger partial charge in [-0.25, -0.2) is 0 Å². The smallest absolute Gasteiger partial charge is 0.112 e. The molecule has 3 nitrogen and oxygen atoms in total. The van der Waals surface area contributed by atoms with Gasteiger partial charge in [-0.2, -0.15) is 0 Å². The second kappa shape index (κ2) is 3.78. The standard InChI is InChI=1S/C3H6ClN3/c1-2-3(4)6-7-5/h3H,2H2,1H3. The highest BCUT2D eigenvalue weighted by molar-refractivity contribution is 6.20. The summed E-state index contributed by atoms with van der Waals surface area (Å²) in [6, 6.07) is 0. The first-order chi connectivity index (χ1) is 3.31. The number of rotatable bonds is 2. The average Bonchev–Trinajstić information content (AvgIpc) is 1.68. The quantitative estimate of drug-likeness (QED) is 0.176. The third-order valence-electron chi connectivity index (χ3n) is 0.514. The van der Waals surface area contributed by atoms with Crippen molar-refractivity contribution < 1.29 is 0 Å². The van der Waals surface area contributed by atoms with Crippen molar-refractivity contribution in [3.05, 3.63) is 10.4 Å². The minimum Gasteiger partial charge on any atom is -0.117 e. The van der Waals surface area contributed by atoms with E-state index in [0.717, 1.165) is 0 Å². The minimum absolute atomic E-state index is 0.370. The molecule has 0 aromatic heterocycles. The lowest BCUT2D eigenvalue weighted by atomic mass is 10.5. The summed E-state index contributed by atoms with van der Waals surface area (Å²) in [5.74, 6) is 0. The maximum atomic E-state index is 7.74. The Balaban J connectivity index is 3.35. The van der Waals surface area contributed by atoms with Gasteiger partial charge in [0, 0.05) is 4.91 Å². The summed E-state index contributed by atoms with van der Waals surface area (Å²) in [6.45, 7) is 1.85. The first-order valence-corrected chi connectivity index (χ1v) is 2.43. The zero-order valence-electron chi connectivity index (χ0n) is 4.00. The van der Waals surface area contributed by atoms with E-state index in [4.69, 9.17) is 17.1 Å². The van der Waals surface area contributed by atoms with Gasteiger partial charge in [0.25, 0.3) is 0 Å². The van der Waals surface area contributed by atoms with Crippen LogP contribution in [0.2, 0.25) is 0 Å².